The number of hydrogen-bond acceptors (Lipinski definition) is 7. The molecule has 4 rings (SSSR count). The van der Waals surface area contributed by atoms with Gasteiger partial charge in [0, 0.05) is 19.3 Å². The predicted octanol–water partition coefficient (Wildman–Crippen LogP) is 2.78. The monoisotopic (exact) mass is 444 g/mol. The fraction of sp³-hybridized carbons (Fsp3) is 0.364. The van der Waals surface area contributed by atoms with Crippen molar-refractivity contribution in [3.63, 3.8) is 0 Å². The molecule has 31 heavy (non-hydrogen) atoms. The molecule has 0 atom stereocenters. The maximum absolute atomic E-state index is 12.7. The smallest absolute Gasteiger partial charge is 0.314 e. The van der Waals surface area contributed by atoms with Crippen LogP contribution in [0.25, 0.3) is 0 Å². The predicted molar refractivity (Wildman–Crippen MR) is 115 cm³/mol. The first-order valence-corrected chi connectivity index (χ1v) is 11.5. The van der Waals surface area contributed by atoms with Gasteiger partial charge in [-0.15, -0.1) is 0 Å². The SMILES string of the molecule is COc1cc(C=Nc2ccc(S(=O)(=O)N3CCOCC3)cc2)ccc1OC(=O)C1CC1. The number of morpholine rings is 1. The average Bonchev–Trinajstić information content (AvgIpc) is 3.65. The molecular weight excluding hydrogens is 420 g/mol. The van der Waals surface area contributed by atoms with Crippen molar-refractivity contribution in [1.29, 1.82) is 0 Å². The van der Waals surface area contributed by atoms with Crippen molar-refractivity contribution in [1.82, 2.24) is 4.31 Å². The van der Waals surface area contributed by atoms with Crippen LogP contribution < -0.4 is 9.47 Å². The highest BCUT2D eigenvalue weighted by Crippen LogP contribution is 2.34. The number of benzene rings is 2. The van der Waals surface area contributed by atoms with E-state index in [2.05, 4.69) is 4.99 Å². The number of methoxy groups -OCH3 is 1. The quantitative estimate of drug-likeness (QED) is 0.370. The molecule has 0 aromatic heterocycles. The Morgan fingerprint density at radius 3 is 2.45 bits per heavy atom. The third-order valence-corrected chi connectivity index (χ3v) is 7.03. The zero-order valence-corrected chi connectivity index (χ0v) is 18.0. The van der Waals surface area contributed by atoms with Gasteiger partial charge in [-0.1, -0.05) is 0 Å². The number of hydrogen-bond donors (Lipinski definition) is 0. The minimum absolute atomic E-state index is 0.000905. The van der Waals surface area contributed by atoms with Crippen molar-refractivity contribution < 1.29 is 27.4 Å². The van der Waals surface area contributed by atoms with E-state index in [1.54, 1.807) is 48.7 Å². The van der Waals surface area contributed by atoms with Crippen LogP contribution in [0.2, 0.25) is 0 Å². The summed E-state index contributed by atoms with van der Waals surface area (Å²) in [6.45, 7) is 1.53. The van der Waals surface area contributed by atoms with E-state index in [1.165, 1.54) is 11.4 Å². The molecular formula is C22H24N2O6S. The van der Waals surface area contributed by atoms with Crippen molar-refractivity contribution in [2.75, 3.05) is 33.4 Å². The molecule has 2 aromatic carbocycles. The summed E-state index contributed by atoms with van der Waals surface area (Å²) in [6.07, 6.45) is 3.39. The number of aliphatic imine (C=N–C) groups is 1. The van der Waals surface area contributed by atoms with Gasteiger partial charge in [0.2, 0.25) is 10.0 Å². The lowest BCUT2D eigenvalue weighted by Crippen LogP contribution is -2.40. The fourth-order valence-corrected chi connectivity index (χ4v) is 4.56. The molecule has 2 fully saturated rings. The van der Waals surface area contributed by atoms with Crippen molar-refractivity contribution >= 4 is 27.9 Å². The van der Waals surface area contributed by atoms with Gasteiger partial charge in [-0.3, -0.25) is 9.79 Å². The van der Waals surface area contributed by atoms with Crippen molar-refractivity contribution in [3.8, 4) is 11.5 Å². The Labute approximate surface area is 181 Å². The topological polar surface area (TPSA) is 94.5 Å². The largest absolute Gasteiger partial charge is 0.493 e. The van der Waals surface area contributed by atoms with Gasteiger partial charge in [0.15, 0.2) is 11.5 Å². The van der Waals surface area contributed by atoms with E-state index in [4.69, 9.17) is 14.2 Å². The van der Waals surface area contributed by atoms with Gasteiger partial charge in [-0.05, 0) is 60.9 Å². The van der Waals surface area contributed by atoms with Crippen LogP contribution in [0.3, 0.4) is 0 Å². The van der Waals surface area contributed by atoms with Gasteiger partial charge in [0.05, 0.1) is 36.8 Å². The first kappa shape index (κ1) is 21.5. The first-order chi connectivity index (χ1) is 15.0. The summed E-state index contributed by atoms with van der Waals surface area (Å²) in [5.41, 5.74) is 1.37. The summed E-state index contributed by atoms with van der Waals surface area (Å²) >= 11 is 0. The molecule has 0 radical (unpaired) electrons. The Morgan fingerprint density at radius 1 is 1.10 bits per heavy atom. The number of esters is 1. The first-order valence-electron chi connectivity index (χ1n) is 10.1. The van der Waals surface area contributed by atoms with Crippen LogP contribution in [-0.4, -0.2) is 58.3 Å². The Balaban J connectivity index is 1.45. The van der Waals surface area contributed by atoms with Gasteiger partial charge in [0.25, 0.3) is 0 Å². The van der Waals surface area contributed by atoms with E-state index in [0.29, 0.717) is 43.5 Å². The van der Waals surface area contributed by atoms with E-state index < -0.39 is 10.0 Å². The van der Waals surface area contributed by atoms with Crippen molar-refractivity contribution in [3.05, 3.63) is 48.0 Å². The molecule has 0 amide bonds. The molecule has 1 aliphatic heterocycles. The Hall–Kier alpha value is -2.75. The summed E-state index contributed by atoms with van der Waals surface area (Å²) in [5.74, 6) is 0.604. The third-order valence-electron chi connectivity index (χ3n) is 5.12. The lowest BCUT2D eigenvalue weighted by atomic mass is 10.2. The molecule has 1 saturated heterocycles. The van der Waals surface area contributed by atoms with Gasteiger partial charge in [-0.2, -0.15) is 4.31 Å². The lowest BCUT2D eigenvalue weighted by molar-refractivity contribution is -0.135. The fourth-order valence-electron chi connectivity index (χ4n) is 3.15. The van der Waals surface area contributed by atoms with Crippen molar-refractivity contribution in [2.24, 2.45) is 10.9 Å². The van der Waals surface area contributed by atoms with Crippen LogP contribution >= 0.6 is 0 Å². The number of sulfonamides is 1. The Kier molecular flexibility index (Phi) is 6.35. The van der Waals surface area contributed by atoms with Crippen LogP contribution in [0, 0.1) is 5.92 Å². The van der Waals surface area contributed by atoms with E-state index in [9.17, 15) is 13.2 Å². The zero-order valence-electron chi connectivity index (χ0n) is 17.2. The maximum atomic E-state index is 12.7. The molecule has 1 heterocycles. The normalized spacial score (nSPS) is 17.6. The van der Waals surface area contributed by atoms with Crippen LogP contribution in [0.4, 0.5) is 5.69 Å². The lowest BCUT2D eigenvalue weighted by Gasteiger charge is -2.26. The molecule has 164 valence electrons. The molecule has 0 spiro atoms. The summed E-state index contributed by atoms with van der Waals surface area (Å²) in [5, 5.41) is 0. The second-order valence-corrected chi connectivity index (χ2v) is 9.31. The number of nitrogens with zero attached hydrogens (tertiary/aromatic N) is 2. The van der Waals surface area contributed by atoms with Gasteiger partial charge >= 0.3 is 5.97 Å². The molecule has 9 heteroatoms. The number of ether oxygens (including phenoxy) is 3. The van der Waals surface area contributed by atoms with Crippen molar-refractivity contribution in [2.45, 2.75) is 17.7 Å². The van der Waals surface area contributed by atoms with Crippen LogP contribution in [0.5, 0.6) is 11.5 Å². The highest BCUT2D eigenvalue weighted by atomic mass is 32.2. The molecule has 0 N–H and O–H groups in total. The third kappa shape index (κ3) is 5.12. The zero-order chi connectivity index (χ0) is 21.8. The highest BCUT2D eigenvalue weighted by molar-refractivity contribution is 7.89. The minimum atomic E-state index is -3.53. The summed E-state index contributed by atoms with van der Waals surface area (Å²) < 4.78 is 42.7. The molecule has 1 saturated carbocycles. The highest BCUT2D eigenvalue weighted by Gasteiger charge is 2.32. The molecule has 8 nitrogen and oxygen atoms in total. The molecule has 0 bridgehead atoms. The number of rotatable bonds is 7. The molecule has 1 aliphatic carbocycles. The summed E-state index contributed by atoms with van der Waals surface area (Å²) in [7, 11) is -2.02. The average molecular weight is 445 g/mol. The number of carbonyl (C=O) groups excluding carboxylic acids is 1. The van der Waals surface area contributed by atoms with E-state index in [1.807, 2.05) is 0 Å². The Morgan fingerprint density at radius 2 is 1.81 bits per heavy atom. The second kappa shape index (κ2) is 9.17. The molecule has 0 unspecified atom stereocenters. The van der Waals surface area contributed by atoms with E-state index in [-0.39, 0.29) is 16.8 Å². The van der Waals surface area contributed by atoms with Crippen LogP contribution in [0.1, 0.15) is 18.4 Å². The minimum Gasteiger partial charge on any atom is -0.493 e. The van der Waals surface area contributed by atoms with Gasteiger partial charge in [-0.25, -0.2) is 8.42 Å². The van der Waals surface area contributed by atoms with Crippen LogP contribution in [-0.2, 0) is 19.6 Å². The summed E-state index contributed by atoms with van der Waals surface area (Å²) in [4.78, 5) is 16.5. The standard InChI is InChI=1S/C22H24N2O6S/c1-28-21-14-16(2-9-20(21)30-22(25)17-3-4-17)15-23-18-5-7-19(8-6-18)31(26,27)24-10-12-29-13-11-24/h2,5-9,14-15,17H,3-4,10-13H2,1H3. The van der Waals surface area contributed by atoms with Crippen LogP contribution in [0.15, 0.2) is 52.4 Å². The second-order valence-electron chi connectivity index (χ2n) is 7.37. The molecule has 2 aromatic rings. The van der Waals surface area contributed by atoms with Gasteiger partial charge in [0.1, 0.15) is 0 Å². The molecule has 2 aliphatic rings. The van der Waals surface area contributed by atoms with Gasteiger partial charge < -0.3 is 14.2 Å². The maximum Gasteiger partial charge on any atom is 0.314 e. The van der Waals surface area contributed by atoms with E-state index in [0.717, 1.165) is 18.4 Å². The summed E-state index contributed by atoms with van der Waals surface area (Å²) in [6, 6.07) is 11.6. The van der Waals surface area contributed by atoms with E-state index >= 15 is 0 Å². The Bertz CT molecular complexity index is 1070. The number of carbonyl (C=O) groups is 1.